The van der Waals surface area contributed by atoms with Crippen LogP contribution < -0.4 is 0 Å². The van der Waals surface area contributed by atoms with Crippen molar-refractivity contribution in [3.05, 3.63) is 23.7 Å². The van der Waals surface area contributed by atoms with E-state index in [-0.39, 0.29) is 23.1 Å². The molecule has 120 valence electrons. The monoisotopic (exact) mass is 308 g/mol. The third-order valence-electron chi connectivity index (χ3n) is 3.55. The van der Waals surface area contributed by atoms with Gasteiger partial charge in [-0.3, -0.25) is 9.59 Å². The standard InChI is InChI=1S/C15H20N2O5/c1-15(2,3)14(21)17-6-4-16(5-7-17)12(18)11-8-10(9-22-11)13(19)20/h8-9H,4-7H2,1-3H3,(H,19,20). The molecule has 0 aliphatic carbocycles. The summed E-state index contributed by atoms with van der Waals surface area (Å²) in [5.74, 6) is -1.42. The number of hydrogen-bond donors (Lipinski definition) is 1. The van der Waals surface area contributed by atoms with Crippen LogP contribution >= 0.6 is 0 Å². The third kappa shape index (κ3) is 3.29. The lowest BCUT2D eigenvalue weighted by Crippen LogP contribution is -2.53. The van der Waals surface area contributed by atoms with Gasteiger partial charge in [0.15, 0.2) is 5.76 Å². The van der Waals surface area contributed by atoms with Crippen molar-refractivity contribution in [2.24, 2.45) is 5.41 Å². The molecule has 7 nitrogen and oxygen atoms in total. The van der Waals surface area contributed by atoms with Crippen molar-refractivity contribution >= 4 is 17.8 Å². The van der Waals surface area contributed by atoms with Crippen molar-refractivity contribution in [1.29, 1.82) is 0 Å². The van der Waals surface area contributed by atoms with Gasteiger partial charge >= 0.3 is 5.97 Å². The Hall–Kier alpha value is -2.31. The van der Waals surface area contributed by atoms with E-state index in [2.05, 4.69) is 0 Å². The van der Waals surface area contributed by atoms with E-state index >= 15 is 0 Å². The molecule has 7 heteroatoms. The molecule has 1 aromatic rings. The van der Waals surface area contributed by atoms with Crippen LogP contribution in [0.1, 0.15) is 41.7 Å². The van der Waals surface area contributed by atoms with Crippen LogP contribution in [0.2, 0.25) is 0 Å². The number of carboxylic acids is 1. The number of carbonyl (C=O) groups excluding carboxylic acids is 2. The van der Waals surface area contributed by atoms with E-state index < -0.39 is 11.4 Å². The van der Waals surface area contributed by atoms with Crippen molar-refractivity contribution in [3.63, 3.8) is 0 Å². The maximum atomic E-state index is 12.2. The Kier molecular flexibility index (Phi) is 4.25. The molecular weight excluding hydrogens is 288 g/mol. The van der Waals surface area contributed by atoms with Gasteiger partial charge in [0.05, 0.1) is 5.56 Å². The zero-order chi connectivity index (χ0) is 16.5. The summed E-state index contributed by atoms with van der Waals surface area (Å²) in [4.78, 5) is 38.5. The molecule has 0 saturated carbocycles. The van der Waals surface area contributed by atoms with E-state index in [1.165, 1.54) is 6.07 Å². The number of furan rings is 1. The summed E-state index contributed by atoms with van der Waals surface area (Å²) in [5.41, 5.74) is -0.492. The number of hydrogen-bond acceptors (Lipinski definition) is 4. The van der Waals surface area contributed by atoms with Gasteiger partial charge in [0, 0.05) is 37.7 Å². The topological polar surface area (TPSA) is 91.1 Å². The number of carboxylic acid groups (broad SMARTS) is 1. The van der Waals surface area contributed by atoms with Crippen molar-refractivity contribution in [2.45, 2.75) is 20.8 Å². The van der Waals surface area contributed by atoms with E-state index in [1.807, 2.05) is 20.8 Å². The second-order valence-electron chi connectivity index (χ2n) is 6.34. The lowest BCUT2D eigenvalue weighted by atomic mass is 9.94. The number of rotatable bonds is 2. The summed E-state index contributed by atoms with van der Waals surface area (Å²) in [6, 6.07) is 1.22. The third-order valence-corrected chi connectivity index (χ3v) is 3.55. The molecule has 1 aliphatic heterocycles. The molecule has 2 amide bonds. The summed E-state index contributed by atoms with van der Waals surface area (Å²) in [5, 5.41) is 8.83. The molecule has 1 N–H and O–H groups in total. The summed E-state index contributed by atoms with van der Waals surface area (Å²) in [6.45, 7) is 7.34. The fourth-order valence-electron chi connectivity index (χ4n) is 2.30. The Morgan fingerprint density at radius 3 is 2.09 bits per heavy atom. The summed E-state index contributed by atoms with van der Waals surface area (Å²) in [6.07, 6.45) is 1.05. The molecule has 1 saturated heterocycles. The lowest BCUT2D eigenvalue weighted by molar-refractivity contribution is -0.140. The average molecular weight is 308 g/mol. The minimum absolute atomic E-state index is 0.00741. The highest BCUT2D eigenvalue weighted by Gasteiger charge is 2.31. The zero-order valence-electron chi connectivity index (χ0n) is 13.0. The van der Waals surface area contributed by atoms with Crippen LogP contribution in [0.3, 0.4) is 0 Å². The summed E-state index contributed by atoms with van der Waals surface area (Å²) >= 11 is 0. The van der Waals surface area contributed by atoms with E-state index in [1.54, 1.807) is 9.80 Å². The molecule has 0 radical (unpaired) electrons. The van der Waals surface area contributed by atoms with E-state index in [4.69, 9.17) is 9.52 Å². The molecule has 0 aromatic carbocycles. The minimum atomic E-state index is -1.14. The van der Waals surface area contributed by atoms with Crippen molar-refractivity contribution in [1.82, 2.24) is 9.80 Å². The molecule has 0 bridgehead atoms. The van der Waals surface area contributed by atoms with Gasteiger partial charge in [0.2, 0.25) is 5.91 Å². The van der Waals surface area contributed by atoms with Crippen LogP contribution in [-0.4, -0.2) is 58.9 Å². The predicted molar refractivity (Wildman–Crippen MR) is 77.6 cm³/mol. The van der Waals surface area contributed by atoms with Crippen LogP contribution in [0.5, 0.6) is 0 Å². The number of nitrogens with zero attached hydrogens (tertiary/aromatic N) is 2. The van der Waals surface area contributed by atoms with Gasteiger partial charge < -0.3 is 19.3 Å². The van der Waals surface area contributed by atoms with Gasteiger partial charge in [-0.2, -0.15) is 0 Å². The van der Waals surface area contributed by atoms with Crippen LogP contribution in [0.25, 0.3) is 0 Å². The Balaban J connectivity index is 1.97. The molecule has 1 fully saturated rings. The Labute approximate surface area is 128 Å². The summed E-state index contributed by atoms with van der Waals surface area (Å²) < 4.78 is 5.02. The van der Waals surface area contributed by atoms with Gasteiger partial charge in [0.1, 0.15) is 6.26 Å². The first kappa shape index (κ1) is 16.1. The molecule has 0 unspecified atom stereocenters. The molecule has 0 atom stereocenters. The first-order valence-corrected chi connectivity index (χ1v) is 7.10. The SMILES string of the molecule is CC(C)(C)C(=O)N1CCN(C(=O)c2cc(C(=O)O)co2)CC1. The zero-order valence-corrected chi connectivity index (χ0v) is 13.0. The molecule has 2 rings (SSSR count). The number of aromatic carboxylic acids is 1. The highest BCUT2D eigenvalue weighted by Crippen LogP contribution is 2.19. The largest absolute Gasteiger partial charge is 0.478 e. The number of carbonyl (C=O) groups is 3. The van der Waals surface area contributed by atoms with E-state index in [0.717, 1.165) is 6.26 Å². The van der Waals surface area contributed by atoms with Crippen LogP contribution in [-0.2, 0) is 4.79 Å². The second-order valence-corrected chi connectivity index (χ2v) is 6.34. The van der Waals surface area contributed by atoms with Crippen LogP contribution in [0.15, 0.2) is 16.7 Å². The fourth-order valence-corrected chi connectivity index (χ4v) is 2.30. The maximum Gasteiger partial charge on any atom is 0.338 e. The minimum Gasteiger partial charge on any atom is -0.478 e. The van der Waals surface area contributed by atoms with Crippen molar-refractivity contribution in [2.75, 3.05) is 26.2 Å². The highest BCUT2D eigenvalue weighted by atomic mass is 16.4. The van der Waals surface area contributed by atoms with Gasteiger partial charge in [-0.05, 0) is 0 Å². The molecule has 22 heavy (non-hydrogen) atoms. The number of piperazine rings is 1. The van der Waals surface area contributed by atoms with Crippen molar-refractivity contribution in [3.8, 4) is 0 Å². The van der Waals surface area contributed by atoms with Gasteiger partial charge in [-0.1, -0.05) is 20.8 Å². The fraction of sp³-hybridized carbons (Fsp3) is 0.533. The quantitative estimate of drug-likeness (QED) is 0.889. The predicted octanol–water partition coefficient (Wildman–Crippen LogP) is 1.31. The molecule has 1 aromatic heterocycles. The first-order valence-electron chi connectivity index (χ1n) is 7.10. The smallest absolute Gasteiger partial charge is 0.338 e. The van der Waals surface area contributed by atoms with Gasteiger partial charge in [-0.15, -0.1) is 0 Å². The second kappa shape index (κ2) is 5.82. The Bertz CT molecular complexity index is 591. The van der Waals surface area contributed by atoms with Gasteiger partial charge in [-0.25, -0.2) is 4.79 Å². The van der Waals surface area contributed by atoms with E-state index in [0.29, 0.717) is 26.2 Å². The molecule has 0 spiro atoms. The summed E-state index contributed by atoms with van der Waals surface area (Å²) in [7, 11) is 0. The van der Waals surface area contributed by atoms with Gasteiger partial charge in [0.25, 0.3) is 5.91 Å². The normalized spacial score (nSPS) is 15.8. The first-order chi connectivity index (χ1) is 10.2. The Morgan fingerprint density at radius 1 is 1.09 bits per heavy atom. The molecule has 2 heterocycles. The maximum absolute atomic E-state index is 12.2. The van der Waals surface area contributed by atoms with Crippen LogP contribution in [0.4, 0.5) is 0 Å². The molecular formula is C15H20N2O5. The van der Waals surface area contributed by atoms with Crippen molar-refractivity contribution < 1.29 is 23.9 Å². The highest BCUT2D eigenvalue weighted by molar-refractivity contribution is 5.95. The Morgan fingerprint density at radius 2 is 1.64 bits per heavy atom. The number of amides is 2. The lowest BCUT2D eigenvalue weighted by Gasteiger charge is -2.37. The average Bonchev–Trinajstić information content (AvgIpc) is 2.95. The molecule has 1 aliphatic rings. The van der Waals surface area contributed by atoms with Crippen LogP contribution in [0, 0.1) is 5.41 Å². The van der Waals surface area contributed by atoms with E-state index in [9.17, 15) is 14.4 Å².